The van der Waals surface area contributed by atoms with Crippen LogP contribution in [0.4, 0.5) is 17.1 Å². The molecule has 0 saturated heterocycles. The van der Waals surface area contributed by atoms with E-state index in [0.717, 1.165) is 6.07 Å². The van der Waals surface area contributed by atoms with Gasteiger partial charge >= 0.3 is 0 Å². The fourth-order valence-electron chi connectivity index (χ4n) is 1.64. The van der Waals surface area contributed by atoms with Gasteiger partial charge in [-0.1, -0.05) is 24.0 Å². The Bertz CT molecular complexity index is 790. The van der Waals surface area contributed by atoms with Crippen LogP contribution in [0.25, 0.3) is 0 Å². The summed E-state index contributed by atoms with van der Waals surface area (Å²) in [7, 11) is 0. The number of nitrogens with zero attached hydrogens (tertiary/aromatic N) is 2. The number of hydrogen-bond donors (Lipinski definition) is 1. The number of nitrogens with two attached hydrogens (primary N) is 1. The standard InChI is InChI=1S/C14H9N3O4/c15-13-4-2-1-3-10(13)5-6-11-7-8-12(16(18)19)9-14(11)17(20)21/h1-4,7-9H,15H2. The Balaban J connectivity index is 2.48. The fourth-order valence-corrected chi connectivity index (χ4v) is 1.64. The molecule has 7 heteroatoms. The van der Waals surface area contributed by atoms with E-state index in [1.165, 1.54) is 12.1 Å². The van der Waals surface area contributed by atoms with E-state index in [9.17, 15) is 20.2 Å². The average molecular weight is 283 g/mol. The average Bonchev–Trinajstić information content (AvgIpc) is 2.46. The smallest absolute Gasteiger partial charge is 0.291 e. The second-order valence-corrected chi connectivity index (χ2v) is 4.05. The molecule has 0 aliphatic heterocycles. The molecule has 104 valence electrons. The van der Waals surface area contributed by atoms with Crippen LogP contribution in [0.2, 0.25) is 0 Å². The number of non-ortho nitro benzene ring substituents is 1. The van der Waals surface area contributed by atoms with E-state index in [-0.39, 0.29) is 11.3 Å². The first-order chi connectivity index (χ1) is 9.99. The van der Waals surface area contributed by atoms with E-state index in [0.29, 0.717) is 11.3 Å². The molecule has 0 fully saturated rings. The molecule has 0 aliphatic rings. The maximum absolute atomic E-state index is 11.0. The lowest BCUT2D eigenvalue weighted by Crippen LogP contribution is -1.95. The van der Waals surface area contributed by atoms with Gasteiger partial charge in [-0.3, -0.25) is 20.2 Å². The highest BCUT2D eigenvalue weighted by Gasteiger charge is 2.18. The van der Waals surface area contributed by atoms with Crippen LogP contribution in [0, 0.1) is 32.1 Å². The van der Waals surface area contributed by atoms with Gasteiger partial charge in [0.15, 0.2) is 0 Å². The highest BCUT2D eigenvalue weighted by molar-refractivity contribution is 5.61. The molecule has 7 nitrogen and oxygen atoms in total. The minimum atomic E-state index is -0.703. The lowest BCUT2D eigenvalue weighted by molar-refractivity contribution is -0.394. The molecule has 0 unspecified atom stereocenters. The van der Waals surface area contributed by atoms with Crippen molar-refractivity contribution in [2.24, 2.45) is 0 Å². The predicted molar refractivity (Wildman–Crippen MR) is 76.6 cm³/mol. The van der Waals surface area contributed by atoms with Crippen molar-refractivity contribution in [3.05, 3.63) is 73.8 Å². The van der Waals surface area contributed by atoms with Crippen LogP contribution in [0.5, 0.6) is 0 Å². The second-order valence-electron chi connectivity index (χ2n) is 4.05. The summed E-state index contributed by atoms with van der Waals surface area (Å²) in [6, 6.07) is 10.1. The van der Waals surface area contributed by atoms with Crippen molar-refractivity contribution in [3.8, 4) is 11.8 Å². The number of nitrogen functional groups attached to an aromatic ring is 1. The van der Waals surface area contributed by atoms with Gasteiger partial charge in [0.1, 0.15) is 5.56 Å². The highest BCUT2D eigenvalue weighted by Crippen LogP contribution is 2.24. The van der Waals surface area contributed by atoms with Crippen molar-refractivity contribution >= 4 is 17.1 Å². The third-order valence-corrected chi connectivity index (χ3v) is 2.68. The summed E-state index contributed by atoms with van der Waals surface area (Å²) in [5.74, 6) is 5.35. The van der Waals surface area contributed by atoms with E-state index in [2.05, 4.69) is 11.8 Å². The number of benzene rings is 2. The zero-order valence-corrected chi connectivity index (χ0v) is 10.6. The molecule has 21 heavy (non-hydrogen) atoms. The molecule has 2 aromatic carbocycles. The van der Waals surface area contributed by atoms with Gasteiger partial charge in [-0.15, -0.1) is 0 Å². The number of para-hydroxylation sites is 1. The Morgan fingerprint density at radius 2 is 1.57 bits per heavy atom. The summed E-state index contributed by atoms with van der Waals surface area (Å²) in [5.41, 5.74) is 6.03. The van der Waals surface area contributed by atoms with Crippen molar-refractivity contribution in [1.29, 1.82) is 0 Å². The van der Waals surface area contributed by atoms with Crippen LogP contribution in [-0.4, -0.2) is 9.85 Å². The van der Waals surface area contributed by atoms with Gasteiger partial charge in [0, 0.05) is 17.3 Å². The molecular weight excluding hydrogens is 274 g/mol. The summed E-state index contributed by atoms with van der Waals surface area (Å²) in [4.78, 5) is 20.2. The van der Waals surface area contributed by atoms with E-state index in [4.69, 9.17) is 5.73 Å². The molecule has 2 rings (SSSR count). The van der Waals surface area contributed by atoms with E-state index >= 15 is 0 Å². The van der Waals surface area contributed by atoms with Crippen LogP contribution < -0.4 is 5.73 Å². The van der Waals surface area contributed by atoms with Crippen LogP contribution in [0.1, 0.15) is 11.1 Å². The summed E-state index contributed by atoms with van der Waals surface area (Å²) in [6.45, 7) is 0. The normalized spacial score (nSPS) is 9.52. The Morgan fingerprint density at radius 1 is 0.905 bits per heavy atom. The van der Waals surface area contributed by atoms with E-state index in [1.54, 1.807) is 24.3 Å². The van der Waals surface area contributed by atoms with Crippen molar-refractivity contribution in [2.45, 2.75) is 0 Å². The van der Waals surface area contributed by atoms with Gasteiger partial charge in [-0.05, 0) is 18.2 Å². The van der Waals surface area contributed by atoms with Crippen molar-refractivity contribution in [3.63, 3.8) is 0 Å². The number of nitro groups is 2. The van der Waals surface area contributed by atoms with E-state index < -0.39 is 15.5 Å². The molecule has 0 aromatic heterocycles. The molecule has 0 atom stereocenters. The molecule has 0 radical (unpaired) electrons. The molecule has 0 aliphatic carbocycles. The third-order valence-electron chi connectivity index (χ3n) is 2.68. The van der Waals surface area contributed by atoms with Gasteiger partial charge in [0.05, 0.1) is 15.9 Å². The van der Waals surface area contributed by atoms with Crippen molar-refractivity contribution < 1.29 is 9.85 Å². The molecule has 2 N–H and O–H groups in total. The minimum absolute atomic E-state index is 0.0915. The van der Waals surface area contributed by atoms with Gasteiger partial charge in [0.25, 0.3) is 11.4 Å². The van der Waals surface area contributed by atoms with Gasteiger partial charge in [0.2, 0.25) is 0 Å². The monoisotopic (exact) mass is 283 g/mol. The summed E-state index contributed by atoms with van der Waals surface area (Å²) < 4.78 is 0. The van der Waals surface area contributed by atoms with Crippen LogP contribution in [0.15, 0.2) is 42.5 Å². The highest BCUT2D eigenvalue weighted by atomic mass is 16.6. The molecule has 0 spiro atoms. The molecule has 0 bridgehead atoms. The van der Waals surface area contributed by atoms with Crippen LogP contribution in [0.3, 0.4) is 0 Å². The van der Waals surface area contributed by atoms with Crippen LogP contribution >= 0.6 is 0 Å². The fraction of sp³-hybridized carbons (Fsp3) is 0. The second kappa shape index (κ2) is 5.71. The van der Waals surface area contributed by atoms with E-state index in [1.807, 2.05) is 0 Å². The SMILES string of the molecule is Nc1ccccc1C#Cc1ccc([N+](=O)[O-])cc1[N+](=O)[O-]. The summed E-state index contributed by atoms with van der Waals surface area (Å²) >= 11 is 0. The number of rotatable bonds is 2. The quantitative estimate of drug-likeness (QED) is 0.393. The van der Waals surface area contributed by atoms with Gasteiger partial charge in [-0.2, -0.15) is 0 Å². The zero-order chi connectivity index (χ0) is 15.4. The first-order valence-corrected chi connectivity index (χ1v) is 5.78. The lowest BCUT2D eigenvalue weighted by Gasteiger charge is -1.97. The maximum atomic E-state index is 11.0. The largest absolute Gasteiger partial charge is 0.398 e. The molecular formula is C14H9N3O4. The maximum Gasteiger partial charge on any atom is 0.291 e. The number of nitro benzene ring substituents is 2. The minimum Gasteiger partial charge on any atom is -0.398 e. The zero-order valence-electron chi connectivity index (χ0n) is 10.6. The van der Waals surface area contributed by atoms with Crippen LogP contribution in [-0.2, 0) is 0 Å². The Kier molecular flexibility index (Phi) is 3.81. The van der Waals surface area contributed by atoms with Crippen molar-refractivity contribution in [1.82, 2.24) is 0 Å². The lowest BCUT2D eigenvalue weighted by atomic mass is 10.1. The molecule has 2 aromatic rings. The van der Waals surface area contributed by atoms with Gasteiger partial charge in [-0.25, -0.2) is 0 Å². The Labute approximate surface area is 119 Å². The third kappa shape index (κ3) is 3.13. The number of anilines is 1. The molecule has 0 heterocycles. The van der Waals surface area contributed by atoms with Gasteiger partial charge < -0.3 is 5.73 Å². The molecule has 0 saturated carbocycles. The predicted octanol–water partition coefficient (Wildman–Crippen LogP) is 2.49. The first kappa shape index (κ1) is 14.0. The topological polar surface area (TPSA) is 112 Å². The Hall–Kier alpha value is -3.40. The van der Waals surface area contributed by atoms with Crippen molar-refractivity contribution in [2.75, 3.05) is 5.73 Å². The summed E-state index contributed by atoms with van der Waals surface area (Å²) in [6.07, 6.45) is 0. The summed E-state index contributed by atoms with van der Waals surface area (Å²) in [5, 5.41) is 21.6. The number of hydrogen-bond acceptors (Lipinski definition) is 5. The Morgan fingerprint density at radius 3 is 2.19 bits per heavy atom. The first-order valence-electron chi connectivity index (χ1n) is 5.78. The molecule has 0 amide bonds.